The average Bonchev–Trinajstić information content (AvgIpc) is 3.32. The van der Waals surface area contributed by atoms with E-state index in [0.29, 0.717) is 31.7 Å². The van der Waals surface area contributed by atoms with Gasteiger partial charge in [-0.1, -0.05) is 36.4 Å². The van der Waals surface area contributed by atoms with E-state index in [9.17, 15) is 4.79 Å². The minimum absolute atomic E-state index is 0.0781. The second kappa shape index (κ2) is 10.6. The Morgan fingerprint density at radius 3 is 2.53 bits per heavy atom. The fourth-order valence-electron chi connectivity index (χ4n) is 4.39. The molecule has 182 valence electrons. The van der Waals surface area contributed by atoms with E-state index in [1.54, 1.807) is 6.20 Å². The fraction of sp³-hybridized carbons (Fsp3) is 0.250. The molecule has 0 aliphatic carbocycles. The highest BCUT2D eigenvalue weighted by Gasteiger charge is 2.16. The van der Waals surface area contributed by atoms with Crippen molar-refractivity contribution in [2.24, 2.45) is 0 Å². The van der Waals surface area contributed by atoms with Crippen LogP contribution >= 0.6 is 0 Å². The number of aryl methyl sites for hydroxylation is 4. The number of hydrogen-bond donors (Lipinski definition) is 1. The molecule has 8 heteroatoms. The van der Waals surface area contributed by atoms with E-state index in [4.69, 9.17) is 0 Å². The van der Waals surface area contributed by atoms with Gasteiger partial charge in [-0.25, -0.2) is 4.68 Å². The first kappa shape index (κ1) is 23.6. The normalized spacial score (nSPS) is 11.4. The number of hydrogen-bond acceptors (Lipinski definition) is 6. The number of pyridine rings is 2. The molecule has 3 aromatic heterocycles. The number of nitrogens with zero attached hydrogens (tertiary/aromatic N) is 6. The molecule has 3 heterocycles. The van der Waals surface area contributed by atoms with Crippen LogP contribution < -0.4 is 5.56 Å². The molecule has 0 aliphatic heterocycles. The SMILES string of the molecule is Cc1cc2cc(CN(Cc3cccnc3)Cc3nnnn3CCc3ccccc3)c(=O)[nH]c2cc1C. The third-order valence-electron chi connectivity index (χ3n) is 6.48. The zero-order chi connectivity index (χ0) is 24.9. The zero-order valence-electron chi connectivity index (χ0n) is 20.6. The van der Waals surface area contributed by atoms with Crippen molar-refractivity contribution in [1.82, 2.24) is 35.1 Å². The monoisotopic (exact) mass is 479 g/mol. The van der Waals surface area contributed by atoms with Gasteiger partial charge in [0.2, 0.25) is 0 Å². The summed E-state index contributed by atoms with van der Waals surface area (Å²) < 4.78 is 1.85. The molecule has 0 aliphatic rings. The molecule has 0 saturated carbocycles. The van der Waals surface area contributed by atoms with Gasteiger partial charge < -0.3 is 4.98 Å². The van der Waals surface area contributed by atoms with Gasteiger partial charge in [0.05, 0.1) is 6.54 Å². The van der Waals surface area contributed by atoms with Crippen LogP contribution in [0.25, 0.3) is 10.9 Å². The second-order valence-corrected chi connectivity index (χ2v) is 9.21. The van der Waals surface area contributed by atoms with E-state index in [2.05, 4.69) is 62.4 Å². The number of tetrazole rings is 1. The number of aromatic amines is 1. The molecule has 8 nitrogen and oxygen atoms in total. The fourth-order valence-corrected chi connectivity index (χ4v) is 4.39. The molecule has 0 saturated heterocycles. The molecule has 0 atom stereocenters. The molecule has 0 spiro atoms. The van der Waals surface area contributed by atoms with Crippen molar-refractivity contribution >= 4 is 10.9 Å². The Kier molecular flexibility index (Phi) is 6.95. The van der Waals surface area contributed by atoms with Gasteiger partial charge in [-0.3, -0.25) is 14.7 Å². The molecule has 0 unspecified atom stereocenters. The van der Waals surface area contributed by atoms with Gasteiger partial charge in [-0.15, -0.1) is 5.10 Å². The van der Waals surface area contributed by atoms with E-state index >= 15 is 0 Å². The molecule has 5 aromatic rings. The first-order valence-corrected chi connectivity index (χ1v) is 12.1. The van der Waals surface area contributed by atoms with Crippen LogP contribution in [0.4, 0.5) is 0 Å². The molecule has 2 aromatic carbocycles. The van der Waals surface area contributed by atoms with Crippen LogP contribution in [-0.2, 0) is 32.6 Å². The van der Waals surface area contributed by atoms with Crippen LogP contribution in [0, 0.1) is 13.8 Å². The molecule has 1 N–H and O–H groups in total. The Balaban J connectivity index is 1.41. The molecule has 0 amide bonds. The third kappa shape index (κ3) is 5.55. The number of nitrogens with one attached hydrogen (secondary N) is 1. The molecule has 36 heavy (non-hydrogen) atoms. The summed E-state index contributed by atoms with van der Waals surface area (Å²) in [6, 6.07) is 20.4. The summed E-state index contributed by atoms with van der Waals surface area (Å²) in [4.78, 5) is 22.5. The van der Waals surface area contributed by atoms with Gasteiger partial charge in [0.25, 0.3) is 5.56 Å². The lowest BCUT2D eigenvalue weighted by molar-refractivity contribution is 0.235. The van der Waals surface area contributed by atoms with Crippen molar-refractivity contribution in [3.8, 4) is 0 Å². The van der Waals surface area contributed by atoms with Gasteiger partial charge in [-0.2, -0.15) is 0 Å². The van der Waals surface area contributed by atoms with Crippen LogP contribution in [0.15, 0.2) is 77.9 Å². The number of H-pyrrole nitrogens is 1. The van der Waals surface area contributed by atoms with Crippen LogP contribution in [0.3, 0.4) is 0 Å². The lowest BCUT2D eigenvalue weighted by atomic mass is 10.0. The Morgan fingerprint density at radius 1 is 0.917 bits per heavy atom. The van der Waals surface area contributed by atoms with Crippen molar-refractivity contribution < 1.29 is 0 Å². The highest BCUT2D eigenvalue weighted by Crippen LogP contribution is 2.19. The lowest BCUT2D eigenvalue weighted by Gasteiger charge is -2.22. The highest BCUT2D eigenvalue weighted by molar-refractivity contribution is 5.80. The summed E-state index contributed by atoms with van der Waals surface area (Å²) in [5.41, 5.74) is 6.14. The maximum Gasteiger partial charge on any atom is 0.252 e. The van der Waals surface area contributed by atoms with Crippen molar-refractivity contribution in [1.29, 1.82) is 0 Å². The van der Waals surface area contributed by atoms with Crippen LogP contribution in [0.2, 0.25) is 0 Å². The lowest BCUT2D eigenvalue weighted by Crippen LogP contribution is -2.28. The first-order chi connectivity index (χ1) is 17.5. The molecular formula is C28H29N7O. The largest absolute Gasteiger partial charge is 0.322 e. The second-order valence-electron chi connectivity index (χ2n) is 9.21. The van der Waals surface area contributed by atoms with Gasteiger partial charge >= 0.3 is 0 Å². The molecule has 0 fully saturated rings. The number of fused-ring (bicyclic) bond motifs is 1. The van der Waals surface area contributed by atoms with E-state index in [0.717, 1.165) is 34.3 Å². The maximum absolute atomic E-state index is 13.0. The molecule has 5 rings (SSSR count). The Labute approximate surface area is 209 Å². The Hall–Kier alpha value is -4.17. The third-order valence-corrected chi connectivity index (χ3v) is 6.48. The first-order valence-electron chi connectivity index (χ1n) is 12.1. The van der Waals surface area contributed by atoms with Gasteiger partial charge in [-0.05, 0) is 82.6 Å². The molecule has 0 bridgehead atoms. The Morgan fingerprint density at radius 2 is 1.72 bits per heavy atom. The number of benzene rings is 2. The Bertz CT molecular complexity index is 1510. The van der Waals surface area contributed by atoms with Gasteiger partial charge in [0.1, 0.15) is 0 Å². The summed E-state index contributed by atoms with van der Waals surface area (Å²) >= 11 is 0. The van der Waals surface area contributed by atoms with Crippen molar-refractivity contribution in [3.05, 3.63) is 117 Å². The smallest absolute Gasteiger partial charge is 0.252 e. The van der Waals surface area contributed by atoms with E-state index in [1.807, 2.05) is 53.3 Å². The summed E-state index contributed by atoms with van der Waals surface area (Å²) in [6.07, 6.45) is 4.45. The van der Waals surface area contributed by atoms with Gasteiger partial charge in [0.15, 0.2) is 5.82 Å². The predicted octanol–water partition coefficient (Wildman–Crippen LogP) is 3.97. The summed E-state index contributed by atoms with van der Waals surface area (Å²) in [7, 11) is 0. The zero-order valence-corrected chi connectivity index (χ0v) is 20.6. The van der Waals surface area contributed by atoms with Crippen molar-refractivity contribution in [3.63, 3.8) is 0 Å². The minimum atomic E-state index is -0.0781. The van der Waals surface area contributed by atoms with Crippen molar-refractivity contribution in [2.45, 2.75) is 46.4 Å². The maximum atomic E-state index is 13.0. The number of rotatable bonds is 9. The van der Waals surface area contributed by atoms with E-state index in [-0.39, 0.29) is 5.56 Å². The summed E-state index contributed by atoms with van der Waals surface area (Å²) in [6.45, 7) is 6.40. The minimum Gasteiger partial charge on any atom is -0.322 e. The predicted molar refractivity (Wildman–Crippen MR) is 139 cm³/mol. The summed E-state index contributed by atoms with van der Waals surface area (Å²) in [5, 5.41) is 13.5. The van der Waals surface area contributed by atoms with Crippen LogP contribution in [0.1, 0.15) is 33.6 Å². The topological polar surface area (TPSA) is 92.6 Å². The van der Waals surface area contributed by atoms with Gasteiger partial charge in [0, 0.05) is 43.1 Å². The van der Waals surface area contributed by atoms with Crippen molar-refractivity contribution in [2.75, 3.05) is 0 Å². The van der Waals surface area contributed by atoms with E-state index < -0.39 is 0 Å². The number of aromatic nitrogens is 6. The quantitative estimate of drug-likeness (QED) is 0.344. The molecular weight excluding hydrogens is 450 g/mol. The molecule has 0 radical (unpaired) electrons. The van der Waals surface area contributed by atoms with Crippen LogP contribution in [-0.4, -0.2) is 35.1 Å². The van der Waals surface area contributed by atoms with Crippen LogP contribution in [0.5, 0.6) is 0 Å². The van der Waals surface area contributed by atoms with E-state index in [1.165, 1.54) is 11.1 Å². The standard InChI is InChI=1S/C28H29N7O/c1-20-13-24-15-25(28(36)30-26(24)14-21(20)2)18-34(17-23-9-6-11-29-16-23)19-27-31-32-33-35(27)12-10-22-7-4-3-5-8-22/h3-9,11,13-16H,10,12,17-19H2,1-2H3,(H,30,36). The highest BCUT2D eigenvalue weighted by atomic mass is 16.1. The average molecular weight is 480 g/mol. The summed E-state index contributed by atoms with van der Waals surface area (Å²) in [5.74, 6) is 0.763.